The van der Waals surface area contributed by atoms with Crippen LogP contribution in [0, 0.1) is 6.92 Å². The number of hydrogen-bond acceptors (Lipinski definition) is 3. The van der Waals surface area contributed by atoms with Gasteiger partial charge < -0.3 is 0 Å². The fourth-order valence-corrected chi connectivity index (χ4v) is 1.82. The van der Waals surface area contributed by atoms with E-state index in [-0.39, 0.29) is 0 Å². The zero-order valence-electron chi connectivity index (χ0n) is 9.99. The minimum absolute atomic E-state index is 0.764. The summed E-state index contributed by atoms with van der Waals surface area (Å²) in [5, 5.41) is 0. The van der Waals surface area contributed by atoms with Gasteiger partial charge in [-0.3, -0.25) is 4.57 Å². The smallest absolute Gasteiger partial charge is 0.144 e. The van der Waals surface area contributed by atoms with E-state index in [2.05, 4.69) is 15.0 Å². The molecule has 0 amide bonds. The third-order valence-electron chi connectivity index (χ3n) is 2.72. The lowest BCUT2D eigenvalue weighted by Gasteiger charge is -2.07. The van der Waals surface area contributed by atoms with E-state index in [1.165, 1.54) is 0 Å². The largest absolute Gasteiger partial charge is 0.297 e. The van der Waals surface area contributed by atoms with Crippen molar-refractivity contribution in [3.63, 3.8) is 0 Å². The van der Waals surface area contributed by atoms with Crippen LogP contribution in [0.3, 0.4) is 0 Å². The Morgan fingerprint density at radius 3 is 2.39 bits per heavy atom. The molecule has 3 aromatic rings. The van der Waals surface area contributed by atoms with Gasteiger partial charge in [-0.25, -0.2) is 15.0 Å². The summed E-state index contributed by atoms with van der Waals surface area (Å²) in [7, 11) is 0. The Kier molecular flexibility index (Phi) is 2.61. The van der Waals surface area contributed by atoms with Crippen molar-refractivity contribution in [3.8, 4) is 17.1 Å². The van der Waals surface area contributed by atoms with Crippen molar-refractivity contribution in [1.82, 2.24) is 19.5 Å². The van der Waals surface area contributed by atoms with Gasteiger partial charge in [-0.05, 0) is 6.92 Å². The van der Waals surface area contributed by atoms with Gasteiger partial charge in [0.1, 0.15) is 11.6 Å². The fraction of sp³-hybridized carbons (Fsp3) is 0.0714. The Morgan fingerprint density at radius 1 is 0.944 bits per heavy atom. The van der Waals surface area contributed by atoms with Crippen LogP contribution in [0.25, 0.3) is 17.1 Å². The summed E-state index contributed by atoms with van der Waals surface area (Å²) in [6, 6.07) is 10.1. The summed E-state index contributed by atoms with van der Waals surface area (Å²) in [6.45, 7) is 1.87. The van der Waals surface area contributed by atoms with Gasteiger partial charge in [-0.1, -0.05) is 30.3 Å². The van der Waals surface area contributed by atoms with Crippen molar-refractivity contribution < 1.29 is 0 Å². The van der Waals surface area contributed by atoms with Crippen molar-refractivity contribution in [2.24, 2.45) is 0 Å². The molecule has 0 unspecified atom stereocenters. The molecule has 4 nitrogen and oxygen atoms in total. The van der Waals surface area contributed by atoms with Crippen LogP contribution in [0.1, 0.15) is 5.82 Å². The second-order valence-corrected chi connectivity index (χ2v) is 3.98. The number of hydrogen-bond donors (Lipinski definition) is 0. The molecule has 0 N–H and O–H groups in total. The van der Waals surface area contributed by atoms with Crippen LogP contribution in [0.15, 0.2) is 55.1 Å². The van der Waals surface area contributed by atoms with E-state index in [0.29, 0.717) is 0 Å². The van der Waals surface area contributed by atoms with Crippen LogP contribution in [0.2, 0.25) is 0 Å². The monoisotopic (exact) mass is 236 g/mol. The molecule has 0 aliphatic heterocycles. The van der Waals surface area contributed by atoms with Crippen molar-refractivity contribution in [1.29, 1.82) is 0 Å². The molecule has 4 heteroatoms. The highest BCUT2D eigenvalue weighted by molar-refractivity contribution is 5.57. The van der Waals surface area contributed by atoms with Crippen molar-refractivity contribution in [3.05, 3.63) is 60.9 Å². The topological polar surface area (TPSA) is 43.6 Å². The normalized spacial score (nSPS) is 10.5. The van der Waals surface area contributed by atoms with Crippen LogP contribution < -0.4 is 0 Å². The number of nitrogens with zero attached hydrogens (tertiary/aromatic N) is 4. The van der Waals surface area contributed by atoms with Gasteiger partial charge in [0.2, 0.25) is 0 Å². The quantitative estimate of drug-likeness (QED) is 0.687. The summed E-state index contributed by atoms with van der Waals surface area (Å²) >= 11 is 0. The van der Waals surface area contributed by atoms with E-state index in [4.69, 9.17) is 0 Å². The third kappa shape index (κ3) is 1.88. The Hall–Kier alpha value is -2.49. The van der Waals surface area contributed by atoms with Gasteiger partial charge in [0.15, 0.2) is 0 Å². The zero-order valence-corrected chi connectivity index (χ0v) is 9.99. The van der Waals surface area contributed by atoms with Crippen molar-refractivity contribution in [2.75, 3.05) is 0 Å². The first-order chi connectivity index (χ1) is 8.84. The van der Waals surface area contributed by atoms with Gasteiger partial charge in [0.25, 0.3) is 0 Å². The van der Waals surface area contributed by atoms with Gasteiger partial charge in [0.05, 0.1) is 18.1 Å². The molecule has 0 radical (unpaired) electrons. The van der Waals surface area contributed by atoms with E-state index >= 15 is 0 Å². The fourth-order valence-electron chi connectivity index (χ4n) is 1.82. The molecule has 1 aromatic carbocycles. The average molecular weight is 236 g/mol. The molecule has 0 aliphatic rings. The van der Waals surface area contributed by atoms with E-state index in [9.17, 15) is 0 Å². The van der Waals surface area contributed by atoms with E-state index in [1.807, 2.05) is 48.0 Å². The zero-order chi connectivity index (χ0) is 12.4. The first kappa shape index (κ1) is 10.7. The molecule has 3 rings (SSSR count). The Bertz CT molecular complexity index is 641. The Morgan fingerprint density at radius 2 is 1.67 bits per heavy atom. The highest BCUT2D eigenvalue weighted by Gasteiger charge is 2.07. The first-order valence-electron chi connectivity index (χ1n) is 5.72. The second kappa shape index (κ2) is 4.41. The number of benzene rings is 1. The number of aryl methyl sites for hydroxylation is 1. The summed E-state index contributed by atoms with van der Waals surface area (Å²) in [6.07, 6.45) is 7.30. The van der Waals surface area contributed by atoms with Gasteiger partial charge in [-0.15, -0.1) is 0 Å². The van der Waals surface area contributed by atoms with Crippen LogP contribution in [-0.4, -0.2) is 19.5 Å². The molecule has 88 valence electrons. The number of imidazole rings is 1. The lowest BCUT2D eigenvalue weighted by atomic mass is 10.2. The molecule has 0 spiro atoms. The van der Waals surface area contributed by atoms with E-state index < -0.39 is 0 Å². The maximum atomic E-state index is 4.39. The summed E-state index contributed by atoms with van der Waals surface area (Å²) < 4.78 is 1.98. The maximum Gasteiger partial charge on any atom is 0.144 e. The van der Waals surface area contributed by atoms with Gasteiger partial charge in [0, 0.05) is 18.0 Å². The Balaban J connectivity index is 2.10. The van der Waals surface area contributed by atoms with Crippen molar-refractivity contribution in [2.45, 2.75) is 6.92 Å². The summed E-state index contributed by atoms with van der Waals surface area (Å²) in [5.74, 6) is 1.66. The van der Waals surface area contributed by atoms with Crippen LogP contribution in [0.4, 0.5) is 0 Å². The van der Waals surface area contributed by atoms with Crippen LogP contribution >= 0.6 is 0 Å². The molecule has 0 saturated carbocycles. The van der Waals surface area contributed by atoms with Crippen LogP contribution in [-0.2, 0) is 0 Å². The molecule has 2 heterocycles. The highest BCUT2D eigenvalue weighted by Crippen LogP contribution is 2.20. The minimum Gasteiger partial charge on any atom is -0.297 e. The Labute approximate surface area is 105 Å². The van der Waals surface area contributed by atoms with E-state index in [1.54, 1.807) is 18.6 Å². The lowest BCUT2D eigenvalue weighted by Crippen LogP contribution is -1.98. The highest BCUT2D eigenvalue weighted by atomic mass is 15.1. The van der Waals surface area contributed by atoms with Gasteiger partial charge in [-0.2, -0.15) is 0 Å². The van der Waals surface area contributed by atoms with Crippen molar-refractivity contribution >= 4 is 0 Å². The minimum atomic E-state index is 0.764. The maximum absolute atomic E-state index is 4.39. The first-order valence-corrected chi connectivity index (χ1v) is 5.72. The molecule has 0 bridgehead atoms. The average Bonchev–Trinajstić information content (AvgIpc) is 2.90. The number of aromatic nitrogens is 4. The molecular weight excluding hydrogens is 224 g/mol. The molecule has 0 atom stereocenters. The number of rotatable bonds is 2. The molecule has 0 fully saturated rings. The van der Waals surface area contributed by atoms with E-state index in [0.717, 1.165) is 22.9 Å². The standard InChI is InChI=1S/C14H12N4/c1-11-16-9-13(10-17-11)18-8-7-15-14(18)12-5-3-2-4-6-12/h2-10H,1H3. The van der Waals surface area contributed by atoms with Gasteiger partial charge >= 0.3 is 0 Å². The molecular formula is C14H12N4. The predicted molar refractivity (Wildman–Crippen MR) is 69.3 cm³/mol. The third-order valence-corrected chi connectivity index (χ3v) is 2.72. The van der Waals surface area contributed by atoms with Crippen LogP contribution in [0.5, 0.6) is 0 Å². The molecule has 18 heavy (non-hydrogen) atoms. The lowest BCUT2D eigenvalue weighted by molar-refractivity contribution is 0.978. The SMILES string of the molecule is Cc1ncc(-n2ccnc2-c2ccccc2)cn1. The molecule has 0 saturated heterocycles. The predicted octanol–water partition coefficient (Wildman–Crippen LogP) is 2.64. The summed E-state index contributed by atoms with van der Waals surface area (Å²) in [4.78, 5) is 12.8. The molecule has 0 aliphatic carbocycles. The summed E-state index contributed by atoms with van der Waals surface area (Å²) in [5.41, 5.74) is 1.99. The second-order valence-electron chi connectivity index (χ2n) is 3.98. The molecule has 2 aromatic heterocycles.